The number of aryl methyl sites for hydroxylation is 1. The van der Waals surface area contributed by atoms with Gasteiger partial charge in [-0.1, -0.05) is 0 Å². The van der Waals surface area contributed by atoms with Crippen molar-refractivity contribution in [2.24, 2.45) is 0 Å². The molecule has 3 rings (SSSR count). The fourth-order valence-corrected chi connectivity index (χ4v) is 6.52. The fourth-order valence-electron chi connectivity index (χ4n) is 3.16. The van der Waals surface area contributed by atoms with Gasteiger partial charge in [-0.3, -0.25) is 0 Å². The number of ether oxygens (including phenoxy) is 1. The predicted molar refractivity (Wildman–Crippen MR) is 79.9 cm³/mol. The van der Waals surface area contributed by atoms with Crippen molar-refractivity contribution in [1.82, 2.24) is 4.31 Å². The van der Waals surface area contributed by atoms with E-state index in [9.17, 15) is 8.42 Å². The van der Waals surface area contributed by atoms with Crippen molar-refractivity contribution in [2.75, 3.05) is 13.2 Å². The van der Waals surface area contributed by atoms with E-state index in [1.807, 2.05) is 6.92 Å². The Morgan fingerprint density at radius 1 is 1.50 bits per heavy atom. The normalized spacial score (nSPS) is 27.7. The summed E-state index contributed by atoms with van der Waals surface area (Å²) >= 11 is 7.28. The molecule has 0 amide bonds. The maximum Gasteiger partial charge on any atom is 0.244 e. The zero-order chi connectivity index (χ0) is 14.3. The van der Waals surface area contributed by atoms with Gasteiger partial charge in [-0.25, -0.2) is 8.42 Å². The molecule has 2 aliphatic rings. The third kappa shape index (κ3) is 2.41. The van der Waals surface area contributed by atoms with E-state index in [4.69, 9.17) is 16.3 Å². The molecule has 112 valence electrons. The number of morpholine rings is 1. The minimum absolute atomic E-state index is 0.00695. The predicted octanol–water partition coefficient (Wildman–Crippen LogP) is 2.74. The van der Waals surface area contributed by atoms with Crippen LogP contribution in [0.1, 0.15) is 29.0 Å². The van der Waals surface area contributed by atoms with Crippen LogP contribution in [0.3, 0.4) is 0 Å². The second kappa shape index (κ2) is 5.57. The lowest BCUT2D eigenvalue weighted by atomic mass is 10.2. The summed E-state index contributed by atoms with van der Waals surface area (Å²) < 4.78 is 33.2. The maximum atomic E-state index is 12.9. The first kappa shape index (κ1) is 14.8. The molecular formula is C13H18ClNO3S2. The molecule has 0 spiro atoms. The van der Waals surface area contributed by atoms with E-state index in [0.717, 1.165) is 29.0 Å². The zero-order valence-electron chi connectivity index (χ0n) is 11.3. The van der Waals surface area contributed by atoms with Crippen LogP contribution in [-0.2, 0) is 20.6 Å². The van der Waals surface area contributed by atoms with Gasteiger partial charge in [0.05, 0.1) is 29.5 Å². The summed E-state index contributed by atoms with van der Waals surface area (Å²) in [5.74, 6) is 0.357. The largest absolute Gasteiger partial charge is 0.375 e. The Morgan fingerprint density at radius 3 is 3.00 bits per heavy atom. The first-order valence-corrected chi connectivity index (χ1v) is 9.62. The van der Waals surface area contributed by atoms with Crippen LogP contribution in [0.4, 0.5) is 0 Å². The van der Waals surface area contributed by atoms with Gasteiger partial charge in [-0.15, -0.1) is 22.9 Å². The van der Waals surface area contributed by atoms with E-state index in [-0.39, 0.29) is 12.1 Å². The third-order valence-corrected chi connectivity index (χ3v) is 7.75. The first-order chi connectivity index (χ1) is 9.54. The molecule has 2 unspecified atom stereocenters. The fraction of sp³-hybridized carbons (Fsp3) is 0.692. The number of rotatable bonds is 3. The molecule has 2 fully saturated rings. The van der Waals surface area contributed by atoms with Gasteiger partial charge in [-0.2, -0.15) is 4.31 Å². The molecule has 1 aliphatic heterocycles. The number of halogens is 1. The van der Waals surface area contributed by atoms with Crippen molar-refractivity contribution >= 4 is 33.0 Å². The van der Waals surface area contributed by atoms with Gasteiger partial charge in [0.1, 0.15) is 0 Å². The van der Waals surface area contributed by atoms with Gasteiger partial charge in [-0.05, 0) is 32.3 Å². The highest BCUT2D eigenvalue weighted by atomic mass is 35.5. The van der Waals surface area contributed by atoms with Gasteiger partial charge in [0, 0.05) is 16.3 Å². The highest BCUT2D eigenvalue weighted by molar-refractivity contribution is 7.89. The van der Waals surface area contributed by atoms with Crippen LogP contribution in [-0.4, -0.2) is 38.0 Å². The van der Waals surface area contributed by atoms with Crippen molar-refractivity contribution in [1.29, 1.82) is 0 Å². The smallest absolute Gasteiger partial charge is 0.244 e. The zero-order valence-corrected chi connectivity index (χ0v) is 13.7. The molecule has 1 aliphatic carbocycles. The number of alkyl halides is 1. The Kier molecular flexibility index (Phi) is 4.12. The van der Waals surface area contributed by atoms with Crippen LogP contribution in [0.2, 0.25) is 0 Å². The molecule has 0 aromatic carbocycles. The molecular weight excluding hydrogens is 318 g/mol. The summed E-state index contributed by atoms with van der Waals surface area (Å²) in [6, 6.07) is 1.73. The lowest BCUT2D eigenvalue weighted by Crippen LogP contribution is -2.51. The van der Waals surface area contributed by atoms with Crippen molar-refractivity contribution in [2.45, 2.75) is 49.1 Å². The van der Waals surface area contributed by atoms with Crippen molar-refractivity contribution < 1.29 is 13.2 Å². The maximum absolute atomic E-state index is 12.9. The van der Waals surface area contributed by atoms with Crippen molar-refractivity contribution in [3.05, 3.63) is 15.8 Å². The quantitative estimate of drug-likeness (QED) is 0.798. The summed E-state index contributed by atoms with van der Waals surface area (Å²) in [7, 11) is -3.43. The molecule has 0 bridgehead atoms. The standard InChI is InChI=1S/C13H18ClNO3S2/c1-9-13(7-10(8-14)19-9)20(16,17)15-5-6-18-12-4-2-3-11(12)15/h7,11-12H,2-6,8H2,1H3. The topological polar surface area (TPSA) is 46.6 Å². The Morgan fingerprint density at radius 2 is 2.30 bits per heavy atom. The Labute approximate surface area is 128 Å². The SMILES string of the molecule is Cc1sc(CCl)cc1S(=O)(=O)N1CCOC2CCCC21. The Bertz CT molecular complexity index is 599. The van der Waals surface area contributed by atoms with E-state index in [2.05, 4.69) is 0 Å². The highest BCUT2D eigenvalue weighted by Crippen LogP contribution is 2.36. The lowest BCUT2D eigenvalue weighted by Gasteiger charge is -2.36. The summed E-state index contributed by atoms with van der Waals surface area (Å²) in [6.07, 6.45) is 2.98. The molecule has 1 saturated heterocycles. The van der Waals surface area contributed by atoms with E-state index in [0.29, 0.717) is 23.9 Å². The second-order valence-corrected chi connectivity index (χ2v) is 8.76. The molecule has 0 N–H and O–H groups in total. The lowest BCUT2D eigenvalue weighted by molar-refractivity contribution is -0.0241. The molecule has 2 atom stereocenters. The number of sulfonamides is 1. The summed E-state index contributed by atoms with van der Waals surface area (Å²) in [5.41, 5.74) is 0. The molecule has 1 aromatic rings. The van der Waals surface area contributed by atoms with E-state index >= 15 is 0 Å². The molecule has 2 heterocycles. The Hall–Kier alpha value is -0.140. The van der Waals surface area contributed by atoms with Crippen LogP contribution >= 0.6 is 22.9 Å². The van der Waals surface area contributed by atoms with Crippen molar-refractivity contribution in [3.8, 4) is 0 Å². The molecule has 7 heteroatoms. The summed E-state index contributed by atoms with van der Waals surface area (Å²) in [6.45, 7) is 2.79. The molecule has 1 aromatic heterocycles. The number of thiophene rings is 1. The highest BCUT2D eigenvalue weighted by Gasteiger charge is 2.42. The third-order valence-electron chi connectivity index (χ3n) is 4.07. The average molecular weight is 336 g/mol. The van der Waals surface area contributed by atoms with Gasteiger partial charge in [0.15, 0.2) is 0 Å². The van der Waals surface area contributed by atoms with Gasteiger partial charge in [0.25, 0.3) is 0 Å². The summed E-state index contributed by atoms with van der Waals surface area (Å²) in [4.78, 5) is 2.14. The number of nitrogens with zero attached hydrogens (tertiary/aromatic N) is 1. The molecule has 0 radical (unpaired) electrons. The molecule has 4 nitrogen and oxygen atoms in total. The van der Waals surface area contributed by atoms with Crippen molar-refractivity contribution in [3.63, 3.8) is 0 Å². The van der Waals surface area contributed by atoms with E-state index in [1.54, 1.807) is 10.4 Å². The van der Waals surface area contributed by atoms with E-state index < -0.39 is 10.0 Å². The molecule has 1 saturated carbocycles. The minimum atomic E-state index is -3.43. The van der Waals surface area contributed by atoms with Crippen LogP contribution in [0.15, 0.2) is 11.0 Å². The van der Waals surface area contributed by atoms with Crippen LogP contribution < -0.4 is 0 Å². The van der Waals surface area contributed by atoms with Gasteiger partial charge in [0.2, 0.25) is 10.0 Å². The Balaban J connectivity index is 1.96. The molecule has 20 heavy (non-hydrogen) atoms. The van der Waals surface area contributed by atoms with E-state index in [1.165, 1.54) is 11.3 Å². The first-order valence-electron chi connectivity index (χ1n) is 6.83. The number of hydrogen-bond donors (Lipinski definition) is 0. The minimum Gasteiger partial charge on any atom is -0.375 e. The summed E-state index contributed by atoms with van der Waals surface area (Å²) in [5, 5.41) is 0. The monoisotopic (exact) mass is 335 g/mol. The number of fused-ring (bicyclic) bond motifs is 1. The number of hydrogen-bond acceptors (Lipinski definition) is 4. The average Bonchev–Trinajstić information content (AvgIpc) is 3.03. The van der Waals surface area contributed by atoms with Crippen LogP contribution in [0.5, 0.6) is 0 Å². The van der Waals surface area contributed by atoms with Gasteiger partial charge >= 0.3 is 0 Å². The van der Waals surface area contributed by atoms with Crippen LogP contribution in [0.25, 0.3) is 0 Å². The van der Waals surface area contributed by atoms with Gasteiger partial charge < -0.3 is 4.74 Å². The second-order valence-electron chi connectivity index (χ2n) is 5.29. The van der Waals surface area contributed by atoms with Crippen LogP contribution in [0, 0.1) is 6.92 Å².